The summed E-state index contributed by atoms with van der Waals surface area (Å²) in [6.45, 7) is 3.78. The van der Waals surface area contributed by atoms with Crippen LogP contribution < -0.4 is 10.6 Å². The van der Waals surface area contributed by atoms with Crippen LogP contribution in [0.3, 0.4) is 0 Å². The van der Waals surface area contributed by atoms with E-state index in [1.165, 1.54) is 12.3 Å². The van der Waals surface area contributed by atoms with E-state index in [2.05, 4.69) is 10.6 Å². The standard InChI is InChI=1S/C26H21ClN2O4/c1-16-5-6-18(15-21(16)27)23-11-8-20(33-23)9-12-25(30)28-19-7-10-22(17(2)14-19)29-26(31)24-4-3-13-32-24/h3-15H,1-2H3,(H,28,30)(H,29,31)/b12-9+. The molecule has 0 bridgehead atoms. The van der Waals surface area contributed by atoms with Crippen molar-refractivity contribution in [3.05, 3.63) is 101 Å². The second-order valence-electron chi connectivity index (χ2n) is 7.45. The van der Waals surface area contributed by atoms with Crippen LogP contribution in [0, 0.1) is 13.8 Å². The normalized spacial score (nSPS) is 11.0. The molecule has 0 fully saturated rings. The lowest BCUT2D eigenvalue weighted by molar-refractivity contribution is -0.111. The Morgan fingerprint density at radius 2 is 1.79 bits per heavy atom. The smallest absolute Gasteiger partial charge is 0.291 e. The third-order valence-corrected chi connectivity index (χ3v) is 5.38. The summed E-state index contributed by atoms with van der Waals surface area (Å²) >= 11 is 6.19. The summed E-state index contributed by atoms with van der Waals surface area (Å²) in [6.07, 6.45) is 4.43. The van der Waals surface area contributed by atoms with Gasteiger partial charge in [-0.05, 0) is 79.6 Å². The number of anilines is 2. The molecule has 2 aromatic heterocycles. The highest BCUT2D eigenvalue weighted by molar-refractivity contribution is 6.31. The fourth-order valence-corrected chi connectivity index (χ4v) is 3.34. The predicted molar refractivity (Wildman–Crippen MR) is 129 cm³/mol. The molecular formula is C26H21ClN2O4. The molecule has 0 aliphatic heterocycles. The van der Waals surface area contributed by atoms with Crippen LogP contribution in [-0.2, 0) is 4.79 Å². The number of aryl methyl sites for hydroxylation is 2. The number of hydrogen-bond donors (Lipinski definition) is 2. The molecule has 7 heteroatoms. The molecule has 33 heavy (non-hydrogen) atoms. The third-order valence-electron chi connectivity index (χ3n) is 4.97. The van der Waals surface area contributed by atoms with E-state index in [0.29, 0.717) is 27.9 Å². The molecule has 4 rings (SSSR count). The van der Waals surface area contributed by atoms with E-state index in [1.807, 2.05) is 38.1 Å². The Labute approximate surface area is 195 Å². The highest BCUT2D eigenvalue weighted by atomic mass is 35.5. The van der Waals surface area contributed by atoms with Crippen LogP contribution in [0.4, 0.5) is 11.4 Å². The molecule has 0 aliphatic rings. The largest absolute Gasteiger partial charge is 0.459 e. The Bertz CT molecular complexity index is 1340. The summed E-state index contributed by atoms with van der Waals surface area (Å²) in [5.74, 6) is 0.791. The molecular weight excluding hydrogens is 440 g/mol. The zero-order valence-electron chi connectivity index (χ0n) is 18.0. The zero-order chi connectivity index (χ0) is 23.4. The number of nitrogens with one attached hydrogen (secondary N) is 2. The van der Waals surface area contributed by atoms with Gasteiger partial charge in [-0.15, -0.1) is 0 Å². The van der Waals surface area contributed by atoms with Gasteiger partial charge >= 0.3 is 0 Å². The number of hydrogen-bond acceptors (Lipinski definition) is 4. The molecule has 2 heterocycles. The molecule has 0 saturated carbocycles. The van der Waals surface area contributed by atoms with E-state index in [-0.39, 0.29) is 17.6 Å². The van der Waals surface area contributed by atoms with Crippen LogP contribution in [0.1, 0.15) is 27.4 Å². The first-order valence-electron chi connectivity index (χ1n) is 10.2. The first-order valence-corrected chi connectivity index (χ1v) is 10.6. The monoisotopic (exact) mass is 460 g/mol. The summed E-state index contributed by atoms with van der Waals surface area (Å²) in [7, 11) is 0. The van der Waals surface area contributed by atoms with Crippen molar-refractivity contribution in [1.82, 2.24) is 0 Å². The lowest BCUT2D eigenvalue weighted by Crippen LogP contribution is -2.12. The molecule has 0 spiro atoms. The van der Waals surface area contributed by atoms with E-state index in [1.54, 1.807) is 42.5 Å². The Hall–Kier alpha value is -4.03. The Morgan fingerprint density at radius 3 is 2.52 bits per heavy atom. The fraction of sp³-hybridized carbons (Fsp3) is 0.0769. The van der Waals surface area contributed by atoms with E-state index < -0.39 is 0 Å². The number of carbonyl (C=O) groups is 2. The molecule has 0 unspecified atom stereocenters. The van der Waals surface area contributed by atoms with Gasteiger partial charge in [0, 0.05) is 28.0 Å². The van der Waals surface area contributed by atoms with Gasteiger partial charge in [0.25, 0.3) is 5.91 Å². The molecule has 166 valence electrons. The van der Waals surface area contributed by atoms with Gasteiger partial charge in [-0.2, -0.15) is 0 Å². The summed E-state index contributed by atoms with van der Waals surface area (Å²) in [4.78, 5) is 24.5. The second-order valence-corrected chi connectivity index (χ2v) is 7.86. The minimum atomic E-state index is -0.339. The van der Waals surface area contributed by atoms with Crippen molar-refractivity contribution in [2.24, 2.45) is 0 Å². The van der Waals surface area contributed by atoms with Crippen LogP contribution in [0.2, 0.25) is 5.02 Å². The first-order chi connectivity index (χ1) is 15.9. The van der Waals surface area contributed by atoms with Gasteiger partial charge in [-0.3, -0.25) is 9.59 Å². The molecule has 2 aromatic carbocycles. The molecule has 2 amide bonds. The molecule has 6 nitrogen and oxygen atoms in total. The number of furan rings is 2. The van der Waals surface area contributed by atoms with Crippen LogP contribution in [0.25, 0.3) is 17.4 Å². The maximum Gasteiger partial charge on any atom is 0.291 e. The van der Waals surface area contributed by atoms with E-state index in [4.69, 9.17) is 20.4 Å². The number of carbonyl (C=O) groups excluding carboxylic acids is 2. The Morgan fingerprint density at radius 1 is 0.939 bits per heavy atom. The number of benzene rings is 2. The Balaban J connectivity index is 1.37. The second kappa shape index (κ2) is 9.63. The summed E-state index contributed by atoms with van der Waals surface area (Å²) in [5, 5.41) is 6.25. The summed E-state index contributed by atoms with van der Waals surface area (Å²) in [5.41, 5.74) is 3.89. The molecule has 4 aromatic rings. The third kappa shape index (κ3) is 5.42. The summed E-state index contributed by atoms with van der Waals surface area (Å²) in [6, 6.07) is 17.8. The fourth-order valence-electron chi connectivity index (χ4n) is 3.16. The molecule has 0 atom stereocenters. The van der Waals surface area contributed by atoms with Crippen molar-refractivity contribution in [2.75, 3.05) is 10.6 Å². The van der Waals surface area contributed by atoms with Crippen molar-refractivity contribution >= 4 is 40.9 Å². The van der Waals surface area contributed by atoms with Crippen molar-refractivity contribution in [2.45, 2.75) is 13.8 Å². The molecule has 0 saturated heterocycles. The molecule has 2 N–H and O–H groups in total. The Kier molecular flexibility index (Phi) is 6.47. The average molecular weight is 461 g/mol. The average Bonchev–Trinajstić information content (AvgIpc) is 3.48. The summed E-state index contributed by atoms with van der Waals surface area (Å²) < 4.78 is 10.9. The number of amides is 2. The minimum Gasteiger partial charge on any atom is -0.459 e. The van der Waals surface area contributed by atoms with Crippen molar-refractivity contribution in [3.63, 3.8) is 0 Å². The maximum absolute atomic E-state index is 12.3. The van der Waals surface area contributed by atoms with Crippen molar-refractivity contribution in [1.29, 1.82) is 0 Å². The van der Waals surface area contributed by atoms with Crippen LogP contribution in [-0.4, -0.2) is 11.8 Å². The van der Waals surface area contributed by atoms with Gasteiger partial charge in [0.1, 0.15) is 11.5 Å². The molecule has 0 radical (unpaired) electrons. The quantitative estimate of drug-likeness (QED) is 0.313. The van der Waals surface area contributed by atoms with E-state index >= 15 is 0 Å². The van der Waals surface area contributed by atoms with Gasteiger partial charge in [0.2, 0.25) is 5.91 Å². The van der Waals surface area contributed by atoms with Crippen LogP contribution >= 0.6 is 11.6 Å². The SMILES string of the molecule is Cc1ccc(-c2ccc(/C=C/C(=O)Nc3ccc(NC(=O)c4ccco4)c(C)c3)o2)cc1Cl. The van der Waals surface area contributed by atoms with Crippen LogP contribution in [0.5, 0.6) is 0 Å². The highest BCUT2D eigenvalue weighted by Crippen LogP contribution is 2.27. The van der Waals surface area contributed by atoms with Gasteiger partial charge in [0.05, 0.1) is 6.26 Å². The zero-order valence-corrected chi connectivity index (χ0v) is 18.8. The van der Waals surface area contributed by atoms with Gasteiger partial charge < -0.3 is 19.5 Å². The van der Waals surface area contributed by atoms with Gasteiger partial charge in [0.15, 0.2) is 5.76 Å². The lowest BCUT2D eigenvalue weighted by atomic mass is 10.1. The first kappa shape index (κ1) is 22.2. The number of rotatable bonds is 6. The van der Waals surface area contributed by atoms with E-state index in [0.717, 1.165) is 16.7 Å². The highest BCUT2D eigenvalue weighted by Gasteiger charge is 2.11. The van der Waals surface area contributed by atoms with Crippen molar-refractivity contribution in [3.8, 4) is 11.3 Å². The number of halogens is 1. The van der Waals surface area contributed by atoms with Gasteiger partial charge in [-0.25, -0.2) is 0 Å². The maximum atomic E-state index is 12.3. The predicted octanol–water partition coefficient (Wildman–Crippen LogP) is 6.71. The lowest BCUT2D eigenvalue weighted by Gasteiger charge is -2.09. The topological polar surface area (TPSA) is 84.5 Å². The van der Waals surface area contributed by atoms with Crippen molar-refractivity contribution < 1.29 is 18.4 Å². The van der Waals surface area contributed by atoms with Gasteiger partial charge in [-0.1, -0.05) is 23.7 Å². The van der Waals surface area contributed by atoms with Crippen LogP contribution in [0.15, 0.2) is 81.8 Å². The molecule has 0 aliphatic carbocycles. The minimum absolute atomic E-state index is 0.225. The van der Waals surface area contributed by atoms with E-state index in [9.17, 15) is 9.59 Å².